The summed E-state index contributed by atoms with van der Waals surface area (Å²) in [7, 11) is 3.65. The number of ether oxygens (including phenoxy) is 2. The maximum atomic E-state index is 5.89. The van der Waals surface area contributed by atoms with Crippen molar-refractivity contribution >= 4 is 29.9 Å². The largest absolute Gasteiger partial charge is 0.385 e. The fourth-order valence-electron chi connectivity index (χ4n) is 5.17. The molecule has 0 aromatic heterocycles. The van der Waals surface area contributed by atoms with Gasteiger partial charge in [0.25, 0.3) is 0 Å². The van der Waals surface area contributed by atoms with Crippen LogP contribution in [-0.2, 0) is 22.6 Å². The third kappa shape index (κ3) is 8.15. The van der Waals surface area contributed by atoms with Gasteiger partial charge in [-0.05, 0) is 49.7 Å². The van der Waals surface area contributed by atoms with E-state index < -0.39 is 0 Å². The summed E-state index contributed by atoms with van der Waals surface area (Å²) in [5.41, 5.74) is 3.04. The Kier molecular flexibility index (Phi) is 11.7. The molecule has 2 atom stereocenters. The second kappa shape index (κ2) is 13.7. The van der Waals surface area contributed by atoms with Gasteiger partial charge in [-0.25, -0.2) is 0 Å². The zero-order chi connectivity index (χ0) is 22.1. The van der Waals surface area contributed by atoms with E-state index >= 15 is 0 Å². The molecule has 1 heterocycles. The lowest BCUT2D eigenvalue weighted by atomic mass is 9.83. The molecule has 1 aromatic rings. The Morgan fingerprint density at radius 2 is 1.78 bits per heavy atom. The van der Waals surface area contributed by atoms with Crippen LogP contribution in [0.4, 0.5) is 0 Å². The number of rotatable bonds is 9. The summed E-state index contributed by atoms with van der Waals surface area (Å²) in [5.74, 6) is 0.882. The van der Waals surface area contributed by atoms with E-state index in [9.17, 15) is 0 Å². The average Bonchev–Trinajstić information content (AvgIpc) is 3.22. The molecular formula is C25H43IN4O2. The van der Waals surface area contributed by atoms with Crippen LogP contribution in [0.2, 0.25) is 0 Å². The van der Waals surface area contributed by atoms with Gasteiger partial charge in [0.05, 0.1) is 12.2 Å². The summed E-state index contributed by atoms with van der Waals surface area (Å²) in [6, 6.07) is 8.73. The van der Waals surface area contributed by atoms with Crippen molar-refractivity contribution < 1.29 is 9.47 Å². The van der Waals surface area contributed by atoms with Gasteiger partial charge in [0.2, 0.25) is 0 Å². The Hall–Kier alpha value is -0.900. The van der Waals surface area contributed by atoms with Crippen molar-refractivity contribution in [2.75, 3.05) is 40.4 Å². The first-order chi connectivity index (χ1) is 15.0. The minimum absolute atomic E-state index is 0. The Balaban J connectivity index is 0.00000363. The SMILES string of the molecule is CN=C(NCc1ccccc1CN1CC(C)OC(C)C1)NCC1(CCOC)CCCC1.I. The molecule has 0 amide bonds. The zero-order valence-corrected chi connectivity index (χ0v) is 22.7. The van der Waals surface area contributed by atoms with Gasteiger partial charge in [-0.2, -0.15) is 0 Å². The molecule has 32 heavy (non-hydrogen) atoms. The second-order valence-corrected chi connectivity index (χ2v) is 9.45. The van der Waals surface area contributed by atoms with Crippen LogP contribution in [0.25, 0.3) is 0 Å². The number of guanidine groups is 1. The number of morpholine rings is 1. The standard InChI is InChI=1S/C25H42N4O2.HI/c1-20-16-29(17-21(2)31-20)18-23-10-6-5-9-22(23)15-27-24(26-3)28-19-25(13-14-30-4)11-7-8-12-25;/h5-6,9-10,20-21H,7-8,11-19H2,1-4H3,(H2,26,27,28);1H. The third-order valence-electron chi connectivity index (χ3n) is 6.81. The van der Waals surface area contributed by atoms with E-state index in [0.29, 0.717) is 5.41 Å². The van der Waals surface area contributed by atoms with Crippen molar-refractivity contribution in [3.05, 3.63) is 35.4 Å². The number of halogens is 1. The molecule has 182 valence electrons. The van der Waals surface area contributed by atoms with Crippen LogP contribution in [0, 0.1) is 5.41 Å². The van der Waals surface area contributed by atoms with Crippen LogP contribution in [0.1, 0.15) is 57.1 Å². The lowest BCUT2D eigenvalue weighted by molar-refractivity contribution is -0.0705. The molecule has 2 aliphatic rings. The molecule has 0 radical (unpaired) electrons. The quantitative estimate of drug-likeness (QED) is 0.271. The molecular weight excluding hydrogens is 515 g/mol. The van der Waals surface area contributed by atoms with E-state index in [1.165, 1.54) is 36.8 Å². The van der Waals surface area contributed by atoms with E-state index in [4.69, 9.17) is 9.47 Å². The van der Waals surface area contributed by atoms with Gasteiger partial charge in [-0.1, -0.05) is 37.1 Å². The topological polar surface area (TPSA) is 58.1 Å². The maximum absolute atomic E-state index is 5.89. The number of hydrogen-bond acceptors (Lipinski definition) is 4. The number of nitrogens with zero attached hydrogens (tertiary/aromatic N) is 2. The van der Waals surface area contributed by atoms with Gasteiger partial charge >= 0.3 is 0 Å². The normalized spacial score (nSPS) is 23.6. The molecule has 2 N–H and O–H groups in total. The van der Waals surface area contributed by atoms with Crippen molar-refractivity contribution in [1.82, 2.24) is 15.5 Å². The molecule has 1 aromatic carbocycles. The first-order valence-electron chi connectivity index (χ1n) is 11.9. The molecule has 1 saturated heterocycles. The molecule has 1 aliphatic carbocycles. The lowest BCUT2D eigenvalue weighted by Crippen LogP contribution is -2.45. The van der Waals surface area contributed by atoms with E-state index in [2.05, 4.69) is 58.6 Å². The molecule has 0 spiro atoms. The fraction of sp³-hybridized carbons (Fsp3) is 0.720. The van der Waals surface area contributed by atoms with E-state index in [1.807, 2.05) is 7.05 Å². The van der Waals surface area contributed by atoms with Crippen LogP contribution < -0.4 is 10.6 Å². The molecule has 0 bridgehead atoms. The minimum atomic E-state index is 0. The van der Waals surface area contributed by atoms with Crippen molar-refractivity contribution in [3.8, 4) is 0 Å². The summed E-state index contributed by atoms with van der Waals surface area (Å²) >= 11 is 0. The van der Waals surface area contributed by atoms with Crippen LogP contribution in [0.5, 0.6) is 0 Å². The van der Waals surface area contributed by atoms with Crippen molar-refractivity contribution in [2.24, 2.45) is 10.4 Å². The van der Waals surface area contributed by atoms with E-state index in [0.717, 1.165) is 51.7 Å². The number of hydrogen-bond donors (Lipinski definition) is 2. The molecule has 1 aliphatic heterocycles. The highest BCUT2D eigenvalue weighted by Crippen LogP contribution is 2.40. The van der Waals surface area contributed by atoms with Crippen molar-refractivity contribution in [1.29, 1.82) is 0 Å². The van der Waals surface area contributed by atoms with Gasteiger partial charge < -0.3 is 20.1 Å². The number of nitrogens with one attached hydrogen (secondary N) is 2. The van der Waals surface area contributed by atoms with Gasteiger partial charge in [0.1, 0.15) is 0 Å². The van der Waals surface area contributed by atoms with Gasteiger partial charge in [0.15, 0.2) is 5.96 Å². The number of aliphatic imine (C=N–C) groups is 1. The summed E-state index contributed by atoms with van der Waals surface area (Å²) in [6.07, 6.45) is 6.90. The Labute approximate surface area is 211 Å². The first-order valence-corrected chi connectivity index (χ1v) is 11.9. The number of benzene rings is 1. The highest BCUT2D eigenvalue weighted by molar-refractivity contribution is 14.0. The van der Waals surface area contributed by atoms with Gasteiger partial charge in [-0.15, -0.1) is 24.0 Å². The monoisotopic (exact) mass is 558 g/mol. The molecule has 2 fully saturated rings. The van der Waals surface area contributed by atoms with Crippen LogP contribution in [0.3, 0.4) is 0 Å². The molecule has 3 rings (SSSR count). The molecule has 2 unspecified atom stereocenters. The first kappa shape index (κ1) is 27.3. The maximum Gasteiger partial charge on any atom is 0.191 e. The highest BCUT2D eigenvalue weighted by atomic mass is 127. The van der Waals surface area contributed by atoms with Crippen molar-refractivity contribution in [3.63, 3.8) is 0 Å². The lowest BCUT2D eigenvalue weighted by Gasteiger charge is -2.35. The molecule has 7 heteroatoms. The van der Waals surface area contributed by atoms with Crippen LogP contribution >= 0.6 is 24.0 Å². The predicted molar refractivity (Wildman–Crippen MR) is 143 cm³/mol. The Morgan fingerprint density at radius 1 is 1.12 bits per heavy atom. The Morgan fingerprint density at radius 3 is 2.41 bits per heavy atom. The summed E-state index contributed by atoms with van der Waals surface area (Å²) in [5, 5.41) is 7.14. The van der Waals surface area contributed by atoms with Gasteiger partial charge in [0, 0.05) is 53.5 Å². The smallest absolute Gasteiger partial charge is 0.191 e. The molecule has 6 nitrogen and oxygen atoms in total. The minimum Gasteiger partial charge on any atom is -0.385 e. The predicted octanol–water partition coefficient (Wildman–Crippen LogP) is 4.18. The van der Waals surface area contributed by atoms with Gasteiger partial charge in [-0.3, -0.25) is 9.89 Å². The van der Waals surface area contributed by atoms with E-state index in [-0.39, 0.29) is 36.2 Å². The fourth-order valence-corrected chi connectivity index (χ4v) is 5.17. The van der Waals surface area contributed by atoms with Crippen LogP contribution in [-0.4, -0.2) is 63.5 Å². The second-order valence-electron chi connectivity index (χ2n) is 9.45. The van der Waals surface area contributed by atoms with Crippen LogP contribution in [0.15, 0.2) is 29.3 Å². The average molecular weight is 559 g/mol. The summed E-state index contributed by atoms with van der Waals surface area (Å²) < 4.78 is 11.3. The third-order valence-corrected chi connectivity index (χ3v) is 6.81. The zero-order valence-electron chi connectivity index (χ0n) is 20.4. The summed E-state index contributed by atoms with van der Waals surface area (Å²) in [4.78, 5) is 6.98. The summed E-state index contributed by atoms with van der Waals surface area (Å²) in [6.45, 7) is 9.82. The van der Waals surface area contributed by atoms with E-state index in [1.54, 1.807) is 7.11 Å². The number of methoxy groups -OCH3 is 1. The van der Waals surface area contributed by atoms with Crippen molar-refractivity contribution in [2.45, 2.75) is 71.2 Å². The highest BCUT2D eigenvalue weighted by Gasteiger charge is 2.33. The molecule has 1 saturated carbocycles. The Bertz CT molecular complexity index is 699.